The summed E-state index contributed by atoms with van der Waals surface area (Å²) >= 11 is 0. The lowest BCUT2D eigenvalue weighted by atomic mass is 10.00. The molecule has 1 amide bonds. The number of carboxylic acids is 1. The van der Waals surface area contributed by atoms with Crippen LogP contribution in [0.15, 0.2) is 36.4 Å². The summed E-state index contributed by atoms with van der Waals surface area (Å²) in [5.41, 5.74) is 2.08. The predicted molar refractivity (Wildman–Crippen MR) is 83.2 cm³/mol. The van der Waals surface area contributed by atoms with Crippen molar-refractivity contribution in [2.24, 2.45) is 0 Å². The van der Waals surface area contributed by atoms with Crippen LogP contribution >= 0.6 is 0 Å². The van der Waals surface area contributed by atoms with Crippen LogP contribution in [0.25, 0.3) is 11.1 Å². The molecule has 1 aliphatic heterocycles. The average molecular weight is 313 g/mol. The molecule has 0 radical (unpaired) electrons. The zero-order valence-electron chi connectivity index (χ0n) is 12.5. The Morgan fingerprint density at radius 1 is 1.04 bits per heavy atom. The second-order valence-corrected chi connectivity index (χ2v) is 5.01. The monoisotopic (exact) mass is 313 g/mol. The number of aromatic carboxylic acids is 1. The van der Waals surface area contributed by atoms with Crippen molar-refractivity contribution in [3.05, 3.63) is 47.5 Å². The minimum Gasteiger partial charge on any atom is -0.486 e. The molecule has 0 aliphatic carbocycles. The Morgan fingerprint density at radius 2 is 1.74 bits per heavy atom. The highest BCUT2D eigenvalue weighted by molar-refractivity contribution is 5.96. The first kappa shape index (κ1) is 14.9. The van der Waals surface area contributed by atoms with E-state index in [0.29, 0.717) is 30.1 Å². The van der Waals surface area contributed by atoms with Crippen molar-refractivity contribution < 1.29 is 24.2 Å². The van der Waals surface area contributed by atoms with Crippen molar-refractivity contribution in [1.82, 2.24) is 5.32 Å². The van der Waals surface area contributed by atoms with Crippen molar-refractivity contribution in [2.75, 3.05) is 20.3 Å². The van der Waals surface area contributed by atoms with Crippen LogP contribution < -0.4 is 14.8 Å². The van der Waals surface area contributed by atoms with Crippen molar-refractivity contribution in [3.63, 3.8) is 0 Å². The van der Waals surface area contributed by atoms with Gasteiger partial charge in [-0.3, -0.25) is 4.79 Å². The molecular formula is C17H15NO5. The van der Waals surface area contributed by atoms with Gasteiger partial charge in [-0.1, -0.05) is 12.1 Å². The molecule has 6 nitrogen and oxygen atoms in total. The minimum atomic E-state index is -1.07. The molecule has 0 atom stereocenters. The van der Waals surface area contributed by atoms with Gasteiger partial charge in [-0.05, 0) is 35.4 Å². The molecule has 0 fully saturated rings. The second-order valence-electron chi connectivity index (χ2n) is 5.01. The Kier molecular flexibility index (Phi) is 3.89. The first-order valence-corrected chi connectivity index (χ1v) is 7.09. The molecular weight excluding hydrogens is 298 g/mol. The molecule has 23 heavy (non-hydrogen) atoms. The van der Waals surface area contributed by atoms with Gasteiger partial charge in [0.1, 0.15) is 18.8 Å². The highest BCUT2D eigenvalue weighted by Gasteiger charge is 2.22. The number of ether oxygens (including phenoxy) is 2. The summed E-state index contributed by atoms with van der Waals surface area (Å²) in [5, 5.41) is 11.9. The topological polar surface area (TPSA) is 84.9 Å². The highest BCUT2D eigenvalue weighted by atomic mass is 16.6. The van der Waals surface area contributed by atoms with Gasteiger partial charge >= 0.3 is 5.97 Å². The third-order valence-electron chi connectivity index (χ3n) is 3.58. The molecule has 0 saturated carbocycles. The summed E-state index contributed by atoms with van der Waals surface area (Å²) in [5.74, 6) is -0.573. The SMILES string of the molecule is CNC(=O)c1ccc(-c2cc3c(c(C(=O)O)c2)OCCO3)cc1. The van der Waals surface area contributed by atoms with Crippen LogP contribution in [0.1, 0.15) is 20.7 Å². The molecule has 118 valence electrons. The van der Waals surface area contributed by atoms with Gasteiger partial charge in [0, 0.05) is 12.6 Å². The summed E-state index contributed by atoms with van der Waals surface area (Å²) in [6.07, 6.45) is 0. The first-order chi connectivity index (χ1) is 11.1. The number of carbonyl (C=O) groups is 2. The molecule has 6 heteroatoms. The smallest absolute Gasteiger partial charge is 0.339 e. The summed E-state index contributed by atoms with van der Waals surface area (Å²) in [4.78, 5) is 23.0. The van der Waals surface area contributed by atoms with Crippen molar-refractivity contribution in [3.8, 4) is 22.6 Å². The third kappa shape index (κ3) is 2.83. The van der Waals surface area contributed by atoms with E-state index in [1.165, 1.54) is 0 Å². The zero-order chi connectivity index (χ0) is 16.4. The number of fused-ring (bicyclic) bond motifs is 1. The molecule has 3 rings (SSSR count). The second kappa shape index (κ2) is 6.00. The Labute approximate surface area is 132 Å². The fraction of sp³-hybridized carbons (Fsp3) is 0.176. The van der Waals surface area contributed by atoms with Gasteiger partial charge in [-0.2, -0.15) is 0 Å². The Hall–Kier alpha value is -3.02. The van der Waals surface area contributed by atoms with E-state index in [-0.39, 0.29) is 17.2 Å². The maximum absolute atomic E-state index is 11.6. The first-order valence-electron chi connectivity index (χ1n) is 7.09. The van der Waals surface area contributed by atoms with E-state index in [4.69, 9.17) is 9.47 Å². The van der Waals surface area contributed by atoms with Gasteiger partial charge in [0.2, 0.25) is 0 Å². The fourth-order valence-electron chi connectivity index (χ4n) is 2.44. The minimum absolute atomic E-state index is 0.0626. The lowest BCUT2D eigenvalue weighted by molar-refractivity contribution is 0.0686. The van der Waals surface area contributed by atoms with Crippen LogP contribution in [0.4, 0.5) is 0 Å². The number of benzene rings is 2. The molecule has 0 aromatic heterocycles. The van der Waals surface area contributed by atoms with Gasteiger partial charge in [0.25, 0.3) is 5.91 Å². The summed E-state index contributed by atoms with van der Waals surface area (Å²) in [6, 6.07) is 10.2. The number of amides is 1. The fourth-order valence-corrected chi connectivity index (χ4v) is 2.44. The third-order valence-corrected chi connectivity index (χ3v) is 3.58. The van der Waals surface area contributed by atoms with E-state index in [0.717, 1.165) is 5.56 Å². The average Bonchev–Trinajstić information content (AvgIpc) is 2.60. The van der Waals surface area contributed by atoms with E-state index in [1.54, 1.807) is 43.4 Å². The molecule has 0 saturated heterocycles. The number of carbonyl (C=O) groups excluding carboxylic acids is 1. The molecule has 1 heterocycles. The van der Waals surface area contributed by atoms with Crippen molar-refractivity contribution >= 4 is 11.9 Å². The Morgan fingerprint density at radius 3 is 2.39 bits per heavy atom. The highest BCUT2D eigenvalue weighted by Crippen LogP contribution is 2.38. The largest absolute Gasteiger partial charge is 0.486 e. The van der Waals surface area contributed by atoms with Crippen LogP contribution in [-0.2, 0) is 0 Å². The van der Waals surface area contributed by atoms with Crippen molar-refractivity contribution in [2.45, 2.75) is 0 Å². The number of carboxylic acid groups (broad SMARTS) is 1. The molecule has 1 aliphatic rings. The van der Waals surface area contributed by atoms with E-state index < -0.39 is 5.97 Å². The predicted octanol–water partition coefficient (Wildman–Crippen LogP) is 2.18. The number of hydrogen-bond donors (Lipinski definition) is 2. The van der Waals surface area contributed by atoms with Gasteiger partial charge < -0.3 is 19.9 Å². The zero-order valence-corrected chi connectivity index (χ0v) is 12.5. The van der Waals surface area contributed by atoms with Gasteiger partial charge in [-0.15, -0.1) is 0 Å². The van der Waals surface area contributed by atoms with E-state index >= 15 is 0 Å². The van der Waals surface area contributed by atoms with E-state index in [1.807, 2.05) is 0 Å². The standard InChI is InChI=1S/C17H15NO5/c1-18-16(19)11-4-2-10(3-5-11)12-8-13(17(20)21)15-14(9-12)22-6-7-23-15/h2-5,8-9H,6-7H2,1H3,(H,18,19)(H,20,21). The Bertz CT molecular complexity index is 767. The van der Waals surface area contributed by atoms with Gasteiger partial charge in [-0.25, -0.2) is 4.79 Å². The Balaban J connectivity index is 2.04. The van der Waals surface area contributed by atoms with Crippen LogP contribution in [0, 0.1) is 0 Å². The quantitative estimate of drug-likeness (QED) is 0.907. The molecule has 2 aromatic rings. The number of rotatable bonds is 3. The van der Waals surface area contributed by atoms with Crippen LogP contribution in [0.3, 0.4) is 0 Å². The maximum Gasteiger partial charge on any atom is 0.339 e. The summed E-state index contributed by atoms with van der Waals surface area (Å²) in [6.45, 7) is 0.707. The molecule has 0 bridgehead atoms. The number of hydrogen-bond acceptors (Lipinski definition) is 4. The lowest BCUT2D eigenvalue weighted by Gasteiger charge is -2.21. The molecule has 0 unspecified atom stereocenters. The van der Waals surface area contributed by atoms with Gasteiger partial charge in [0.15, 0.2) is 11.5 Å². The van der Waals surface area contributed by atoms with Gasteiger partial charge in [0.05, 0.1) is 0 Å². The summed E-state index contributed by atoms with van der Waals surface area (Å²) < 4.78 is 10.9. The normalized spacial score (nSPS) is 12.6. The van der Waals surface area contributed by atoms with Crippen molar-refractivity contribution in [1.29, 1.82) is 0 Å². The van der Waals surface area contributed by atoms with Crippen LogP contribution in [-0.4, -0.2) is 37.2 Å². The molecule has 2 aromatic carbocycles. The van der Waals surface area contributed by atoms with Crippen LogP contribution in [0.5, 0.6) is 11.5 Å². The molecule has 0 spiro atoms. The van der Waals surface area contributed by atoms with E-state index in [2.05, 4.69) is 5.32 Å². The summed E-state index contributed by atoms with van der Waals surface area (Å²) in [7, 11) is 1.57. The number of nitrogens with one attached hydrogen (secondary N) is 1. The van der Waals surface area contributed by atoms with Crippen LogP contribution in [0.2, 0.25) is 0 Å². The lowest BCUT2D eigenvalue weighted by Crippen LogP contribution is -2.18. The molecule has 2 N–H and O–H groups in total. The van der Waals surface area contributed by atoms with E-state index in [9.17, 15) is 14.7 Å². The maximum atomic E-state index is 11.6.